The number of benzene rings is 1. The van der Waals surface area contributed by atoms with Crippen molar-refractivity contribution in [2.24, 2.45) is 5.10 Å². The van der Waals surface area contributed by atoms with Crippen molar-refractivity contribution < 1.29 is 19.0 Å². The first-order valence-electron chi connectivity index (χ1n) is 6.47. The highest BCUT2D eigenvalue weighted by Crippen LogP contribution is 2.38. The van der Waals surface area contributed by atoms with Gasteiger partial charge < -0.3 is 19.2 Å². The van der Waals surface area contributed by atoms with Gasteiger partial charge in [-0.25, -0.2) is 5.43 Å². The number of nitrogens with zero attached hydrogens (tertiary/aromatic N) is 1. The van der Waals surface area contributed by atoms with Crippen LogP contribution >= 0.6 is 0 Å². The third-order valence-electron chi connectivity index (χ3n) is 2.95. The van der Waals surface area contributed by atoms with Gasteiger partial charge in [0.05, 0.1) is 27.5 Å². The maximum Gasteiger partial charge on any atom is 0.287 e. The molecular weight excluding hydrogens is 286 g/mol. The van der Waals surface area contributed by atoms with Gasteiger partial charge in [-0.15, -0.1) is 0 Å². The van der Waals surface area contributed by atoms with Gasteiger partial charge in [0.15, 0.2) is 11.5 Å². The zero-order valence-electron chi connectivity index (χ0n) is 12.5. The largest absolute Gasteiger partial charge is 0.493 e. The maximum atomic E-state index is 11.7. The number of hydrazone groups is 1. The van der Waals surface area contributed by atoms with Gasteiger partial charge in [0.1, 0.15) is 5.69 Å². The molecule has 0 fully saturated rings. The number of H-pyrrole nitrogens is 1. The monoisotopic (exact) mass is 303 g/mol. The molecule has 0 aliphatic carbocycles. The van der Waals surface area contributed by atoms with Gasteiger partial charge in [-0.1, -0.05) is 0 Å². The number of methoxy groups -OCH3 is 3. The van der Waals surface area contributed by atoms with Gasteiger partial charge in [0.25, 0.3) is 5.91 Å². The highest BCUT2D eigenvalue weighted by molar-refractivity contribution is 5.93. The Kier molecular flexibility index (Phi) is 5.02. The van der Waals surface area contributed by atoms with E-state index in [0.717, 1.165) is 0 Å². The summed E-state index contributed by atoms with van der Waals surface area (Å²) in [5, 5.41) is 3.92. The van der Waals surface area contributed by atoms with Gasteiger partial charge in [-0.3, -0.25) is 4.79 Å². The Morgan fingerprint density at radius 2 is 1.91 bits per heavy atom. The minimum Gasteiger partial charge on any atom is -0.493 e. The lowest BCUT2D eigenvalue weighted by Crippen LogP contribution is -2.17. The van der Waals surface area contributed by atoms with Crippen molar-refractivity contribution in [3.63, 3.8) is 0 Å². The lowest BCUT2D eigenvalue weighted by molar-refractivity contribution is 0.0951. The van der Waals surface area contributed by atoms with E-state index >= 15 is 0 Å². The molecule has 2 aromatic rings. The Morgan fingerprint density at radius 1 is 1.14 bits per heavy atom. The van der Waals surface area contributed by atoms with E-state index in [0.29, 0.717) is 28.5 Å². The molecule has 1 aromatic heterocycles. The molecule has 0 unspecified atom stereocenters. The standard InChI is InChI=1S/C15H17N3O4/c1-20-12-7-6-10(13(21-2)14(12)22-3)9-17-18-15(19)11-5-4-8-16-11/h4-9,16H,1-3H3,(H,18,19)/b17-9-. The number of carbonyl (C=O) groups excluding carboxylic acids is 1. The van der Waals surface area contributed by atoms with Crippen LogP contribution in [-0.4, -0.2) is 38.4 Å². The summed E-state index contributed by atoms with van der Waals surface area (Å²) >= 11 is 0. The first-order valence-corrected chi connectivity index (χ1v) is 6.47. The molecule has 2 rings (SSSR count). The van der Waals surface area contributed by atoms with Crippen LogP contribution in [0, 0.1) is 0 Å². The van der Waals surface area contributed by atoms with E-state index in [4.69, 9.17) is 14.2 Å². The zero-order chi connectivity index (χ0) is 15.9. The number of hydrogen-bond donors (Lipinski definition) is 2. The van der Waals surface area contributed by atoms with Crippen molar-refractivity contribution in [1.82, 2.24) is 10.4 Å². The van der Waals surface area contributed by atoms with Crippen LogP contribution in [0.4, 0.5) is 0 Å². The second-order valence-corrected chi connectivity index (χ2v) is 4.21. The molecule has 7 heteroatoms. The molecule has 0 saturated carbocycles. The van der Waals surface area contributed by atoms with Gasteiger partial charge in [0.2, 0.25) is 5.75 Å². The summed E-state index contributed by atoms with van der Waals surface area (Å²) in [5.74, 6) is 1.15. The Bertz CT molecular complexity index is 666. The van der Waals surface area contributed by atoms with E-state index in [1.807, 2.05) is 0 Å². The van der Waals surface area contributed by atoms with Crippen LogP contribution in [0.3, 0.4) is 0 Å². The van der Waals surface area contributed by atoms with Crippen molar-refractivity contribution in [1.29, 1.82) is 0 Å². The molecule has 0 saturated heterocycles. The van der Waals surface area contributed by atoms with Crippen LogP contribution in [0.5, 0.6) is 17.2 Å². The van der Waals surface area contributed by atoms with Crippen LogP contribution in [0.15, 0.2) is 35.6 Å². The van der Waals surface area contributed by atoms with E-state index in [1.54, 1.807) is 37.6 Å². The zero-order valence-corrected chi connectivity index (χ0v) is 12.5. The number of nitrogens with one attached hydrogen (secondary N) is 2. The molecule has 0 radical (unpaired) electrons. The molecule has 22 heavy (non-hydrogen) atoms. The summed E-state index contributed by atoms with van der Waals surface area (Å²) in [6.45, 7) is 0. The first kappa shape index (κ1) is 15.4. The lowest BCUT2D eigenvalue weighted by Gasteiger charge is -2.13. The summed E-state index contributed by atoms with van der Waals surface area (Å²) < 4.78 is 15.8. The minimum absolute atomic E-state index is 0.333. The number of aromatic amines is 1. The average molecular weight is 303 g/mol. The van der Waals surface area contributed by atoms with E-state index in [1.165, 1.54) is 20.4 Å². The molecule has 2 N–H and O–H groups in total. The molecular formula is C15H17N3O4. The fourth-order valence-electron chi connectivity index (χ4n) is 1.92. The third-order valence-corrected chi connectivity index (χ3v) is 2.95. The van der Waals surface area contributed by atoms with E-state index in [2.05, 4.69) is 15.5 Å². The van der Waals surface area contributed by atoms with Crippen molar-refractivity contribution in [2.45, 2.75) is 0 Å². The van der Waals surface area contributed by atoms with E-state index in [9.17, 15) is 4.79 Å². The summed E-state index contributed by atoms with van der Waals surface area (Å²) in [7, 11) is 4.59. The van der Waals surface area contributed by atoms with Crippen molar-refractivity contribution in [3.8, 4) is 17.2 Å². The number of ether oxygens (including phenoxy) is 3. The van der Waals surface area contributed by atoms with Crippen LogP contribution in [0.2, 0.25) is 0 Å². The Morgan fingerprint density at radius 3 is 2.50 bits per heavy atom. The molecule has 0 atom stereocenters. The van der Waals surface area contributed by atoms with Gasteiger partial charge in [-0.05, 0) is 24.3 Å². The Hall–Kier alpha value is -2.96. The normalized spacial score (nSPS) is 10.5. The Labute approximate surface area is 127 Å². The van der Waals surface area contributed by atoms with Crippen molar-refractivity contribution in [3.05, 3.63) is 41.7 Å². The van der Waals surface area contributed by atoms with Crippen LogP contribution in [-0.2, 0) is 0 Å². The van der Waals surface area contributed by atoms with Crippen molar-refractivity contribution in [2.75, 3.05) is 21.3 Å². The van der Waals surface area contributed by atoms with Crippen molar-refractivity contribution >= 4 is 12.1 Å². The number of rotatable bonds is 6. The molecule has 1 aromatic carbocycles. The number of hydrogen-bond acceptors (Lipinski definition) is 5. The molecule has 1 heterocycles. The highest BCUT2D eigenvalue weighted by atomic mass is 16.5. The van der Waals surface area contributed by atoms with E-state index in [-0.39, 0.29) is 5.91 Å². The third kappa shape index (κ3) is 3.20. The fraction of sp³-hybridized carbons (Fsp3) is 0.200. The summed E-state index contributed by atoms with van der Waals surface area (Å²) in [5.41, 5.74) is 3.50. The van der Waals surface area contributed by atoms with Gasteiger partial charge in [-0.2, -0.15) is 5.10 Å². The molecule has 7 nitrogen and oxygen atoms in total. The predicted molar refractivity (Wildman–Crippen MR) is 82.0 cm³/mol. The summed E-state index contributed by atoms with van der Waals surface area (Å²) in [6, 6.07) is 6.87. The minimum atomic E-state index is -0.333. The van der Waals surface area contributed by atoms with Crippen LogP contribution in [0.1, 0.15) is 16.1 Å². The summed E-state index contributed by atoms with van der Waals surface area (Å²) in [4.78, 5) is 14.5. The SMILES string of the molecule is COc1ccc(/C=N\NC(=O)c2ccc[nH]2)c(OC)c1OC. The number of amides is 1. The molecule has 116 valence electrons. The number of carbonyl (C=O) groups is 1. The van der Waals surface area contributed by atoms with Gasteiger partial charge >= 0.3 is 0 Å². The highest BCUT2D eigenvalue weighted by Gasteiger charge is 2.14. The first-order chi connectivity index (χ1) is 10.7. The fourth-order valence-corrected chi connectivity index (χ4v) is 1.92. The van der Waals surface area contributed by atoms with Crippen LogP contribution < -0.4 is 19.6 Å². The second kappa shape index (κ2) is 7.16. The molecule has 0 aliphatic heterocycles. The molecule has 0 bridgehead atoms. The topological polar surface area (TPSA) is 84.9 Å². The number of aromatic nitrogens is 1. The quantitative estimate of drug-likeness (QED) is 0.629. The van der Waals surface area contributed by atoms with Gasteiger partial charge in [0, 0.05) is 11.8 Å². The second-order valence-electron chi connectivity index (χ2n) is 4.21. The predicted octanol–water partition coefficient (Wildman–Crippen LogP) is 1.80. The average Bonchev–Trinajstić information content (AvgIpc) is 3.08. The smallest absolute Gasteiger partial charge is 0.287 e. The summed E-state index contributed by atoms with van der Waals surface area (Å²) in [6.07, 6.45) is 3.14. The lowest BCUT2D eigenvalue weighted by atomic mass is 10.2. The molecule has 0 aliphatic rings. The maximum absolute atomic E-state index is 11.7. The molecule has 0 spiro atoms. The van der Waals surface area contributed by atoms with E-state index < -0.39 is 0 Å². The molecule has 1 amide bonds. The van der Waals surface area contributed by atoms with Crippen LogP contribution in [0.25, 0.3) is 0 Å². The Balaban J connectivity index is 2.18.